The Morgan fingerprint density at radius 3 is 2.62 bits per heavy atom. The smallest absolute Gasteiger partial charge is 0.342 e. The van der Waals surface area contributed by atoms with Gasteiger partial charge in [-0.05, 0) is 5.56 Å². The number of hydrogen-bond acceptors (Lipinski definition) is 5. The highest BCUT2D eigenvalue weighted by Gasteiger charge is 2.22. The van der Waals surface area contributed by atoms with Crippen molar-refractivity contribution in [2.75, 3.05) is 11.9 Å². The highest BCUT2D eigenvalue weighted by atomic mass is 16.6. The minimum absolute atomic E-state index is 0.363. The fourth-order valence-corrected chi connectivity index (χ4v) is 1.90. The molecule has 0 unspecified atom stereocenters. The first-order chi connectivity index (χ1) is 9.99. The molecular weight excluding hydrogens is 274 g/mol. The molecule has 108 valence electrons. The first kappa shape index (κ1) is 14.4. The number of nitro groups is 1. The molecule has 2 aromatic rings. The first-order valence-corrected chi connectivity index (χ1v) is 6.12. The minimum Gasteiger partial charge on any atom is -0.477 e. The van der Waals surface area contributed by atoms with Crippen molar-refractivity contribution in [3.8, 4) is 0 Å². The Labute approximate surface area is 120 Å². The van der Waals surface area contributed by atoms with E-state index in [9.17, 15) is 14.9 Å². The lowest BCUT2D eigenvalue weighted by Gasteiger charge is -2.18. The number of aromatic nitrogens is 1. The van der Waals surface area contributed by atoms with Crippen LogP contribution in [0.1, 0.15) is 15.9 Å². The number of rotatable bonds is 5. The summed E-state index contributed by atoms with van der Waals surface area (Å²) >= 11 is 0. The van der Waals surface area contributed by atoms with Crippen molar-refractivity contribution in [3.63, 3.8) is 0 Å². The molecule has 0 saturated heterocycles. The van der Waals surface area contributed by atoms with Gasteiger partial charge >= 0.3 is 11.7 Å². The van der Waals surface area contributed by atoms with E-state index < -0.39 is 16.6 Å². The van der Waals surface area contributed by atoms with E-state index >= 15 is 0 Å². The Morgan fingerprint density at radius 2 is 2.05 bits per heavy atom. The van der Waals surface area contributed by atoms with E-state index in [1.165, 1.54) is 6.07 Å². The molecule has 0 spiro atoms. The van der Waals surface area contributed by atoms with Gasteiger partial charge in [0.05, 0.1) is 4.92 Å². The molecule has 1 aromatic carbocycles. The van der Waals surface area contributed by atoms with Gasteiger partial charge in [-0.3, -0.25) is 10.1 Å². The summed E-state index contributed by atoms with van der Waals surface area (Å²) in [4.78, 5) is 26.8. The molecule has 2 rings (SSSR count). The van der Waals surface area contributed by atoms with Gasteiger partial charge in [-0.25, -0.2) is 9.78 Å². The summed E-state index contributed by atoms with van der Waals surface area (Å²) in [6.07, 6.45) is 0.972. The van der Waals surface area contributed by atoms with Crippen LogP contribution >= 0.6 is 0 Å². The number of pyridine rings is 1. The molecule has 0 aliphatic carbocycles. The molecule has 1 aromatic heterocycles. The average molecular weight is 287 g/mol. The standard InChI is InChI=1S/C14H13N3O4/c1-16(9-10-5-3-2-4-6-10)13-7-11(14(18)19)12(8-15-13)17(20)21/h2-8H,9H2,1H3,(H,18,19). The van der Waals surface area contributed by atoms with Gasteiger partial charge < -0.3 is 10.0 Å². The third-order valence-corrected chi connectivity index (χ3v) is 2.95. The molecule has 1 N–H and O–H groups in total. The molecule has 0 saturated carbocycles. The molecule has 0 amide bonds. The summed E-state index contributed by atoms with van der Waals surface area (Å²) in [6.45, 7) is 0.519. The number of hydrogen-bond donors (Lipinski definition) is 1. The van der Waals surface area contributed by atoms with Crippen LogP contribution < -0.4 is 4.90 Å². The summed E-state index contributed by atoms with van der Waals surface area (Å²) in [6, 6.07) is 10.8. The summed E-state index contributed by atoms with van der Waals surface area (Å²) in [7, 11) is 1.74. The van der Waals surface area contributed by atoms with Gasteiger partial charge in [0.25, 0.3) is 0 Å². The highest BCUT2D eigenvalue weighted by Crippen LogP contribution is 2.22. The van der Waals surface area contributed by atoms with Gasteiger partial charge in [0, 0.05) is 19.7 Å². The number of aromatic carboxylic acids is 1. The lowest BCUT2D eigenvalue weighted by molar-refractivity contribution is -0.385. The largest absolute Gasteiger partial charge is 0.477 e. The van der Waals surface area contributed by atoms with Crippen LogP contribution in [0.3, 0.4) is 0 Å². The number of carboxylic acids is 1. The normalized spacial score (nSPS) is 10.1. The summed E-state index contributed by atoms with van der Waals surface area (Å²) in [5.74, 6) is -0.986. The third kappa shape index (κ3) is 3.33. The Morgan fingerprint density at radius 1 is 1.38 bits per heavy atom. The molecule has 7 nitrogen and oxygen atoms in total. The van der Waals surface area contributed by atoms with Gasteiger partial charge in [0.2, 0.25) is 0 Å². The van der Waals surface area contributed by atoms with Crippen molar-refractivity contribution in [1.82, 2.24) is 4.98 Å². The van der Waals surface area contributed by atoms with Gasteiger partial charge in [0.15, 0.2) is 0 Å². The zero-order chi connectivity index (χ0) is 15.4. The van der Waals surface area contributed by atoms with Crippen LogP contribution in [0.25, 0.3) is 0 Å². The molecule has 7 heteroatoms. The molecule has 1 heterocycles. The monoisotopic (exact) mass is 287 g/mol. The zero-order valence-corrected chi connectivity index (χ0v) is 11.3. The third-order valence-electron chi connectivity index (χ3n) is 2.95. The quantitative estimate of drug-likeness (QED) is 0.669. The van der Waals surface area contributed by atoms with Crippen molar-refractivity contribution < 1.29 is 14.8 Å². The summed E-state index contributed by atoms with van der Waals surface area (Å²) < 4.78 is 0. The van der Waals surface area contributed by atoms with Crippen LogP contribution in [-0.2, 0) is 6.54 Å². The highest BCUT2D eigenvalue weighted by molar-refractivity contribution is 5.93. The van der Waals surface area contributed by atoms with E-state index in [4.69, 9.17) is 5.11 Å². The molecule has 0 atom stereocenters. The molecule has 0 aliphatic heterocycles. The fourth-order valence-electron chi connectivity index (χ4n) is 1.90. The van der Waals surface area contributed by atoms with Crippen molar-refractivity contribution >= 4 is 17.5 Å². The van der Waals surface area contributed by atoms with Crippen LogP contribution in [0.4, 0.5) is 11.5 Å². The number of nitrogens with zero attached hydrogens (tertiary/aromatic N) is 3. The maximum Gasteiger partial charge on any atom is 0.342 e. The predicted octanol–water partition coefficient (Wildman–Crippen LogP) is 2.32. The predicted molar refractivity (Wildman–Crippen MR) is 76.4 cm³/mol. The maximum absolute atomic E-state index is 11.1. The van der Waals surface area contributed by atoms with Crippen LogP contribution in [0.15, 0.2) is 42.6 Å². The van der Waals surface area contributed by atoms with E-state index in [2.05, 4.69) is 4.98 Å². The lowest BCUT2D eigenvalue weighted by Crippen LogP contribution is -2.18. The summed E-state index contributed by atoms with van der Waals surface area (Å²) in [5.41, 5.74) is 0.140. The Bertz CT molecular complexity index is 673. The second kappa shape index (κ2) is 6.00. The second-order valence-electron chi connectivity index (χ2n) is 4.46. The number of carbonyl (C=O) groups is 1. The minimum atomic E-state index is -1.35. The van der Waals surface area contributed by atoms with Crippen molar-refractivity contribution in [2.45, 2.75) is 6.54 Å². The van der Waals surface area contributed by atoms with Crippen molar-refractivity contribution in [2.24, 2.45) is 0 Å². The first-order valence-electron chi connectivity index (χ1n) is 6.12. The van der Waals surface area contributed by atoms with Gasteiger partial charge in [0.1, 0.15) is 17.6 Å². The van der Waals surface area contributed by atoms with Crippen LogP contribution in [0.5, 0.6) is 0 Å². The zero-order valence-electron chi connectivity index (χ0n) is 11.3. The molecule has 0 aliphatic rings. The fraction of sp³-hybridized carbons (Fsp3) is 0.143. The number of carboxylic acid groups (broad SMARTS) is 1. The Kier molecular flexibility index (Phi) is 4.13. The molecule has 0 radical (unpaired) electrons. The number of anilines is 1. The molecule has 0 bridgehead atoms. The maximum atomic E-state index is 11.1. The summed E-state index contributed by atoms with van der Waals surface area (Å²) in [5, 5.41) is 19.8. The second-order valence-corrected chi connectivity index (χ2v) is 4.46. The SMILES string of the molecule is CN(Cc1ccccc1)c1cc(C(=O)O)c([N+](=O)[O-])cn1. The Balaban J connectivity index is 2.30. The van der Waals surface area contributed by atoms with E-state index in [1.54, 1.807) is 11.9 Å². The van der Waals surface area contributed by atoms with Crippen LogP contribution in [-0.4, -0.2) is 28.0 Å². The average Bonchev–Trinajstić information content (AvgIpc) is 2.47. The van der Waals surface area contributed by atoms with Crippen molar-refractivity contribution in [1.29, 1.82) is 0 Å². The lowest BCUT2D eigenvalue weighted by atomic mass is 10.2. The number of benzene rings is 1. The van der Waals surface area contributed by atoms with Crippen molar-refractivity contribution in [3.05, 3.63) is 63.8 Å². The van der Waals surface area contributed by atoms with Crippen LogP contribution in [0.2, 0.25) is 0 Å². The topological polar surface area (TPSA) is 96.6 Å². The van der Waals surface area contributed by atoms with E-state index in [0.717, 1.165) is 11.8 Å². The molecular formula is C14H13N3O4. The van der Waals surface area contributed by atoms with Gasteiger partial charge in [-0.1, -0.05) is 30.3 Å². The van der Waals surface area contributed by atoms with Gasteiger partial charge in [-0.15, -0.1) is 0 Å². The van der Waals surface area contributed by atoms with E-state index in [0.29, 0.717) is 12.4 Å². The van der Waals surface area contributed by atoms with Gasteiger partial charge in [-0.2, -0.15) is 0 Å². The molecule has 21 heavy (non-hydrogen) atoms. The van der Waals surface area contributed by atoms with E-state index in [-0.39, 0.29) is 5.56 Å². The van der Waals surface area contributed by atoms with E-state index in [1.807, 2.05) is 30.3 Å². The van der Waals surface area contributed by atoms with Crippen LogP contribution in [0, 0.1) is 10.1 Å². The Hall–Kier alpha value is -2.96. The molecule has 0 fully saturated rings.